The van der Waals surface area contributed by atoms with Gasteiger partial charge in [-0.3, -0.25) is 4.90 Å². The first-order valence-electron chi connectivity index (χ1n) is 13.3. The average Bonchev–Trinajstić information content (AvgIpc) is 3.23. The maximum Gasteiger partial charge on any atom is 0.0459 e. The van der Waals surface area contributed by atoms with Gasteiger partial charge in [0.25, 0.3) is 0 Å². The monoisotopic (exact) mass is 428 g/mol. The van der Waals surface area contributed by atoms with Gasteiger partial charge in [-0.15, -0.1) is 5.73 Å². The summed E-state index contributed by atoms with van der Waals surface area (Å²) in [6, 6.07) is 0.401. The van der Waals surface area contributed by atoms with E-state index in [4.69, 9.17) is 0 Å². The van der Waals surface area contributed by atoms with E-state index in [0.29, 0.717) is 6.04 Å². The molecule has 1 aliphatic carbocycles. The van der Waals surface area contributed by atoms with Crippen molar-refractivity contribution in [3.8, 4) is 0 Å². The molecule has 0 radical (unpaired) electrons. The first-order chi connectivity index (χ1) is 14.8. The van der Waals surface area contributed by atoms with Crippen molar-refractivity contribution in [3.63, 3.8) is 0 Å². The standard InChI is InChI=1S/C29H52N2/c1-9-13-21-30(8)24(5)25(6)31-22-20-29(23-31,26-17-15-14-16-18-26)27(11-3)28(7,12-4)19-10-2/h24,26H,3,6,9-10,12-23H2,1-2,4-5,7-8H3. The minimum Gasteiger partial charge on any atom is -0.373 e. The molecule has 2 fully saturated rings. The predicted molar refractivity (Wildman–Crippen MR) is 137 cm³/mol. The van der Waals surface area contributed by atoms with Crippen LogP contribution in [0, 0.1) is 16.7 Å². The lowest BCUT2D eigenvalue weighted by Gasteiger charge is -2.47. The van der Waals surface area contributed by atoms with Crippen molar-refractivity contribution in [1.82, 2.24) is 9.80 Å². The van der Waals surface area contributed by atoms with Crippen LogP contribution in [0.3, 0.4) is 0 Å². The first-order valence-corrected chi connectivity index (χ1v) is 13.3. The number of hydrogen-bond donors (Lipinski definition) is 0. The van der Waals surface area contributed by atoms with Crippen LogP contribution in [-0.4, -0.2) is 42.5 Å². The molecule has 3 atom stereocenters. The molecular weight excluding hydrogens is 376 g/mol. The van der Waals surface area contributed by atoms with Crippen molar-refractivity contribution in [2.24, 2.45) is 16.7 Å². The van der Waals surface area contributed by atoms with Gasteiger partial charge in [-0.25, -0.2) is 0 Å². The summed E-state index contributed by atoms with van der Waals surface area (Å²) < 4.78 is 0. The molecule has 31 heavy (non-hydrogen) atoms. The van der Waals surface area contributed by atoms with Crippen molar-refractivity contribution in [2.45, 2.75) is 111 Å². The fraction of sp³-hybridized carbons (Fsp3) is 0.828. The predicted octanol–water partition coefficient (Wildman–Crippen LogP) is 7.82. The van der Waals surface area contributed by atoms with E-state index >= 15 is 0 Å². The first kappa shape index (κ1) is 26.3. The third kappa shape index (κ3) is 5.69. The van der Waals surface area contributed by atoms with Gasteiger partial charge in [0.15, 0.2) is 0 Å². The zero-order valence-corrected chi connectivity index (χ0v) is 21.9. The van der Waals surface area contributed by atoms with Crippen molar-refractivity contribution >= 4 is 0 Å². The summed E-state index contributed by atoms with van der Waals surface area (Å²) in [6.45, 7) is 24.1. The van der Waals surface area contributed by atoms with Crippen LogP contribution in [0.5, 0.6) is 0 Å². The van der Waals surface area contributed by atoms with Gasteiger partial charge in [-0.2, -0.15) is 0 Å². The lowest BCUT2D eigenvalue weighted by Crippen LogP contribution is -2.43. The molecule has 2 aliphatic rings. The molecule has 178 valence electrons. The second kappa shape index (κ2) is 11.8. The van der Waals surface area contributed by atoms with Gasteiger partial charge in [-0.1, -0.05) is 73.0 Å². The molecule has 0 bridgehead atoms. The summed E-state index contributed by atoms with van der Waals surface area (Å²) in [7, 11) is 2.26. The zero-order chi connectivity index (χ0) is 23.1. The Bertz CT molecular complexity index is 625. The smallest absolute Gasteiger partial charge is 0.0459 e. The van der Waals surface area contributed by atoms with E-state index < -0.39 is 0 Å². The maximum atomic E-state index is 4.62. The highest BCUT2D eigenvalue weighted by molar-refractivity contribution is 5.27. The van der Waals surface area contributed by atoms with Gasteiger partial charge >= 0.3 is 0 Å². The molecule has 1 heterocycles. The fourth-order valence-corrected chi connectivity index (χ4v) is 6.62. The number of likely N-dealkylation sites (tertiary alicyclic amines) is 1. The normalized spacial score (nSPS) is 25.3. The van der Waals surface area contributed by atoms with Gasteiger partial charge in [0.1, 0.15) is 0 Å². The topological polar surface area (TPSA) is 6.48 Å². The van der Waals surface area contributed by atoms with Gasteiger partial charge in [0.05, 0.1) is 0 Å². The SMILES string of the molecule is C=C=C(C(C)(CC)CCC)C1(C2CCCCC2)CCN(C(=C)C(C)N(C)CCCC)C1. The fourth-order valence-electron chi connectivity index (χ4n) is 6.62. The Morgan fingerprint density at radius 1 is 1.19 bits per heavy atom. The molecule has 0 amide bonds. The summed E-state index contributed by atoms with van der Waals surface area (Å²) in [5.74, 6) is 0.777. The van der Waals surface area contributed by atoms with Gasteiger partial charge in [-0.05, 0) is 75.9 Å². The molecule has 0 N–H and O–H groups in total. The molecule has 1 aliphatic heterocycles. The van der Waals surface area contributed by atoms with E-state index in [9.17, 15) is 0 Å². The molecular formula is C29H52N2. The molecule has 0 aromatic rings. The average molecular weight is 429 g/mol. The minimum absolute atomic E-state index is 0.217. The number of likely N-dealkylation sites (N-methyl/N-ethyl adjacent to an activating group) is 1. The van der Waals surface area contributed by atoms with Crippen LogP contribution < -0.4 is 0 Å². The summed E-state index contributed by atoms with van der Waals surface area (Å²) in [5.41, 5.74) is 6.91. The second-order valence-electron chi connectivity index (χ2n) is 10.9. The zero-order valence-electron chi connectivity index (χ0n) is 21.9. The number of nitrogens with zero attached hydrogens (tertiary/aromatic N) is 2. The Kier molecular flexibility index (Phi) is 9.97. The van der Waals surface area contributed by atoms with E-state index in [1.807, 2.05) is 0 Å². The quantitative estimate of drug-likeness (QED) is 0.292. The van der Waals surface area contributed by atoms with E-state index in [0.717, 1.165) is 25.6 Å². The molecule has 2 nitrogen and oxygen atoms in total. The lowest BCUT2D eigenvalue weighted by atomic mass is 9.57. The Balaban J connectivity index is 2.34. The van der Waals surface area contributed by atoms with Crippen LogP contribution in [0.15, 0.2) is 30.2 Å². The molecule has 2 heteroatoms. The second-order valence-corrected chi connectivity index (χ2v) is 10.9. The van der Waals surface area contributed by atoms with Crippen molar-refractivity contribution < 1.29 is 0 Å². The number of unbranched alkanes of at least 4 members (excludes halogenated alkanes) is 1. The highest BCUT2D eigenvalue weighted by Gasteiger charge is 2.51. The summed E-state index contributed by atoms with van der Waals surface area (Å²) in [5, 5.41) is 0. The Labute approximate surface area is 194 Å². The molecule has 2 rings (SSSR count). The largest absolute Gasteiger partial charge is 0.373 e. The molecule has 3 unspecified atom stereocenters. The van der Waals surface area contributed by atoms with E-state index in [-0.39, 0.29) is 10.8 Å². The van der Waals surface area contributed by atoms with E-state index in [1.54, 1.807) is 5.57 Å². The van der Waals surface area contributed by atoms with Crippen LogP contribution in [0.2, 0.25) is 0 Å². The molecule has 1 saturated heterocycles. The van der Waals surface area contributed by atoms with Crippen molar-refractivity contribution in [3.05, 3.63) is 30.2 Å². The molecule has 1 saturated carbocycles. The third-order valence-electron chi connectivity index (χ3n) is 8.96. The molecule has 0 aromatic heterocycles. The van der Waals surface area contributed by atoms with Crippen LogP contribution >= 0.6 is 0 Å². The van der Waals surface area contributed by atoms with Crippen LogP contribution in [-0.2, 0) is 0 Å². The van der Waals surface area contributed by atoms with Crippen LogP contribution in [0.4, 0.5) is 0 Å². The highest BCUT2D eigenvalue weighted by atomic mass is 15.2. The van der Waals surface area contributed by atoms with Crippen molar-refractivity contribution in [1.29, 1.82) is 0 Å². The van der Waals surface area contributed by atoms with Crippen LogP contribution in [0.1, 0.15) is 105 Å². The van der Waals surface area contributed by atoms with Gasteiger partial charge in [0.2, 0.25) is 0 Å². The van der Waals surface area contributed by atoms with Gasteiger partial charge < -0.3 is 4.90 Å². The summed E-state index contributed by atoms with van der Waals surface area (Å²) in [6.07, 6.45) is 14.4. The highest BCUT2D eigenvalue weighted by Crippen LogP contribution is 2.56. The lowest BCUT2D eigenvalue weighted by molar-refractivity contribution is 0.123. The summed E-state index contributed by atoms with van der Waals surface area (Å²) >= 11 is 0. The number of rotatable bonds is 12. The molecule has 0 aromatic carbocycles. The summed E-state index contributed by atoms with van der Waals surface area (Å²) in [4.78, 5) is 5.13. The Hall–Kier alpha value is -0.980. The Morgan fingerprint density at radius 3 is 2.42 bits per heavy atom. The Morgan fingerprint density at radius 2 is 1.87 bits per heavy atom. The van der Waals surface area contributed by atoms with E-state index in [1.165, 1.54) is 76.3 Å². The van der Waals surface area contributed by atoms with Crippen molar-refractivity contribution in [2.75, 3.05) is 26.7 Å². The molecule has 0 spiro atoms. The minimum atomic E-state index is 0.217. The van der Waals surface area contributed by atoms with Crippen LogP contribution in [0.25, 0.3) is 0 Å². The van der Waals surface area contributed by atoms with E-state index in [2.05, 4.69) is 70.4 Å². The van der Waals surface area contributed by atoms with Gasteiger partial charge in [0, 0.05) is 30.2 Å². The third-order valence-corrected chi connectivity index (χ3v) is 8.96. The number of hydrogen-bond acceptors (Lipinski definition) is 2. The maximum absolute atomic E-state index is 4.62.